The summed E-state index contributed by atoms with van der Waals surface area (Å²) in [4.78, 5) is 12.1. The van der Waals surface area contributed by atoms with Crippen molar-refractivity contribution in [2.24, 2.45) is 5.92 Å². The van der Waals surface area contributed by atoms with Crippen molar-refractivity contribution in [3.63, 3.8) is 0 Å². The average molecular weight is 236 g/mol. The predicted octanol–water partition coefficient (Wildman–Crippen LogP) is 1.42. The quantitative estimate of drug-likeness (QED) is 0.714. The zero-order valence-corrected chi connectivity index (χ0v) is 11.2. The van der Waals surface area contributed by atoms with E-state index in [4.69, 9.17) is 0 Å². The second kappa shape index (κ2) is 4.51. The van der Waals surface area contributed by atoms with E-state index in [1.54, 1.807) is 0 Å². The minimum atomic E-state index is 0.0517. The SMILES string of the molecule is CC(C)C(=O)N1CCCc2n1cc[n+]2C(C)C. The van der Waals surface area contributed by atoms with E-state index in [0.717, 1.165) is 19.4 Å². The van der Waals surface area contributed by atoms with Crippen molar-refractivity contribution in [2.75, 3.05) is 11.6 Å². The fourth-order valence-electron chi connectivity index (χ4n) is 2.37. The zero-order chi connectivity index (χ0) is 12.6. The van der Waals surface area contributed by atoms with Crippen LogP contribution in [0.5, 0.6) is 0 Å². The molecule has 0 radical (unpaired) electrons. The molecule has 4 heteroatoms. The van der Waals surface area contributed by atoms with Crippen molar-refractivity contribution < 1.29 is 9.36 Å². The van der Waals surface area contributed by atoms with E-state index in [0.29, 0.717) is 6.04 Å². The van der Waals surface area contributed by atoms with E-state index in [1.165, 1.54) is 5.82 Å². The molecule has 2 heterocycles. The van der Waals surface area contributed by atoms with Crippen LogP contribution in [0.15, 0.2) is 12.4 Å². The lowest BCUT2D eigenvalue weighted by Gasteiger charge is -2.25. The van der Waals surface area contributed by atoms with Gasteiger partial charge in [0.2, 0.25) is 0 Å². The third kappa shape index (κ3) is 2.08. The maximum atomic E-state index is 12.1. The van der Waals surface area contributed by atoms with Crippen LogP contribution in [0.3, 0.4) is 0 Å². The molecule has 1 aliphatic heterocycles. The summed E-state index contributed by atoms with van der Waals surface area (Å²) in [6.45, 7) is 9.08. The molecule has 1 aliphatic rings. The van der Waals surface area contributed by atoms with Gasteiger partial charge in [-0.15, -0.1) is 4.68 Å². The molecule has 0 spiro atoms. The van der Waals surface area contributed by atoms with Gasteiger partial charge in [-0.2, -0.15) is 5.01 Å². The van der Waals surface area contributed by atoms with Crippen molar-refractivity contribution in [1.82, 2.24) is 4.68 Å². The highest BCUT2D eigenvalue weighted by Gasteiger charge is 2.32. The fraction of sp³-hybridized carbons (Fsp3) is 0.692. The molecule has 0 unspecified atom stereocenters. The molecule has 2 rings (SSSR count). The average Bonchev–Trinajstić information content (AvgIpc) is 2.71. The van der Waals surface area contributed by atoms with Crippen LogP contribution in [0.25, 0.3) is 0 Å². The minimum absolute atomic E-state index is 0.0517. The van der Waals surface area contributed by atoms with Crippen LogP contribution in [-0.4, -0.2) is 17.1 Å². The van der Waals surface area contributed by atoms with Crippen molar-refractivity contribution >= 4 is 5.91 Å². The lowest BCUT2D eigenvalue weighted by atomic mass is 10.1. The number of imidazole rings is 1. The van der Waals surface area contributed by atoms with Gasteiger partial charge in [-0.3, -0.25) is 4.79 Å². The van der Waals surface area contributed by atoms with E-state index in [2.05, 4.69) is 24.6 Å². The van der Waals surface area contributed by atoms with E-state index >= 15 is 0 Å². The molecular weight excluding hydrogens is 214 g/mol. The maximum absolute atomic E-state index is 12.1. The van der Waals surface area contributed by atoms with Crippen LogP contribution in [0, 0.1) is 5.92 Å². The summed E-state index contributed by atoms with van der Waals surface area (Å²) < 4.78 is 4.28. The Morgan fingerprint density at radius 3 is 2.65 bits per heavy atom. The van der Waals surface area contributed by atoms with Gasteiger partial charge in [0, 0.05) is 5.92 Å². The van der Waals surface area contributed by atoms with Gasteiger partial charge < -0.3 is 0 Å². The number of carbonyl (C=O) groups excluding carboxylic acids is 1. The number of amides is 1. The molecule has 0 aromatic carbocycles. The minimum Gasteiger partial charge on any atom is -0.271 e. The first-order valence-electron chi connectivity index (χ1n) is 6.45. The Labute approximate surface area is 103 Å². The van der Waals surface area contributed by atoms with Gasteiger partial charge in [-0.05, 0) is 20.3 Å². The van der Waals surface area contributed by atoms with Crippen LogP contribution in [0.4, 0.5) is 0 Å². The molecule has 1 aromatic rings. The van der Waals surface area contributed by atoms with Gasteiger partial charge in [0.05, 0.1) is 19.0 Å². The second-order valence-corrected chi connectivity index (χ2v) is 5.28. The monoisotopic (exact) mass is 236 g/mol. The van der Waals surface area contributed by atoms with Crippen LogP contribution in [-0.2, 0) is 11.2 Å². The lowest BCUT2D eigenvalue weighted by Crippen LogP contribution is -2.50. The van der Waals surface area contributed by atoms with Crippen molar-refractivity contribution in [1.29, 1.82) is 0 Å². The molecule has 4 nitrogen and oxygen atoms in total. The summed E-state index contributed by atoms with van der Waals surface area (Å²) in [5.74, 6) is 1.49. The Hall–Kier alpha value is -1.32. The number of fused-ring (bicyclic) bond motifs is 1. The van der Waals surface area contributed by atoms with E-state index in [1.807, 2.05) is 29.7 Å². The maximum Gasteiger partial charge on any atom is 0.280 e. The number of hydrogen-bond acceptors (Lipinski definition) is 1. The van der Waals surface area contributed by atoms with Gasteiger partial charge in [-0.1, -0.05) is 13.8 Å². The molecule has 1 aromatic heterocycles. The summed E-state index contributed by atoms with van der Waals surface area (Å²) in [5, 5.41) is 1.88. The Balaban J connectivity index is 2.36. The summed E-state index contributed by atoms with van der Waals surface area (Å²) in [6, 6.07) is 0.445. The highest BCUT2D eigenvalue weighted by molar-refractivity contribution is 5.87. The van der Waals surface area contributed by atoms with E-state index in [-0.39, 0.29) is 11.8 Å². The first-order chi connectivity index (χ1) is 8.02. The number of rotatable bonds is 2. The molecule has 0 aliphatic carbocycles. The summed E-state index contributed by atoms with van der Waals surface area (Å²) in [6.07, 6.45) is 6.18. The fourth-order valence-corrected chi connectivity index (χ4v) is 2.37. The van der Waals surface area contributed by atoms with Crippen molar-refractivity contribution in [2.45, 2.75) is 46.6 Å². The van der Waals surface area contributed by atoms with Crippen molar-refractivity contribution in [3.8, 4) is 0 Å². The van der Waals surface area contributed by atoms with Gasteiger partial charge in [0.1, 0.15) is 6.20 Å². The normalized spacial score (nSPS) is 15.5. The summed E-state index contributed by atoms with van der Waals surface area (Å²) >= 11 is 0. The molecule has 0 N–H and O–H groups in total. The third-order valence-corrected chi connectivity index (χ3v) is 3.27. The zero-order valence-electron chi connectivity index (χ0n) is 11.2. The Morgan fingerprint density at radius 1 is 1.35 bits per heavy atom. The van der Waals surface area contributed by atoms with Crippen LogP contribution >= 0.6 is 0 Å². The Kier molecular flexibility index (Phi) is 3.22. The van der Waals surface area contributed by atoms with Crippen LogP contribution < -0.4 is 9.58 Å². The molecule has 0 atom stereocenters. The van der Waals surface area contributed by atoms with Gasteiger partial charge in [0.25, 0.3) is 11.7 Å². The molecular formula is C13H22N3O+. The third-order valence-electron chi connectivity index (χ3n) is 3.27. The largest absolute Gasteiger partial charge is 0.280 e. The standard InChI is InChI=1S/C13H22N3O/c1-10(2)13(17)16-7-5-6-12-14(11(3)4)8-9-15(12)16/h8-11H,5-7H2,1-4H3/q+1. The van der Waals surface area contributed by atoms with Crippen molar-refractivity contribution in [3.05, 3.63) is 18.2 Å². The number of nitrogens with zero attached hydrogens (tertiary/aromatic N) is 3. The first-order valence-corrected chi connectivity index (χ1v) is 6.45. The van der Waals surface area contributed by atoms with E-state index < -0.39 is 0 Å². The molecule has 94 valence electrons. The second-order valence-electron chi connectivity index (χ2n) is 5.28. The highest BCUT2D eigenvalue weighted by atomic mass is 16.2. The summed E-state index contributed by atoms with van der Waals surface area (Å²) in [7, 11) is 0. The molecule has 0 saturated heterocycles. The Bertz CT molecular complexity index is 420. The molecule has 0 bridgehead atoms. The lowest BCUT2D eigenvalue weighted by molar-refractivity contribution is -0.723. The highest BCUT2D eigenvalue weighted by Crippen LogP contribution is 2.13. The summed E-state index contributed by atoms with van der Waals surface area (Å²) in [5.41, 5.74) is 0. The number of carbonyl (C=O) groups is 1. The van der Waals surface area contributed by atoms with Crippen LogP contribution in [0.2, 0.25) is 0 Å². The molecule has 0 saturated carbocycles. The van der Waals surface area contributed by atoms with Gasteiger partial charge in [-0.25, -0.2) is 4.57 Å². The first kappa shape index (κ1) is 12.1. The predicted molar refractivity (Wildman–Crippen MR) is 66.3 cm³/mol. The molecule has 1 amide bonds. The number of hydrogen-bond donors (Lipinski definition) is 0. The topological polar surface area (TPSA) is 29.1 Å². The Morgan fingerprint density at radius 2 is 2.06 bits per heavy atom. The molecule has 0 fully saturated rings. The van der Waals surface area contributed by atoms with Gasteiger partial charge in [0.15, 0.2) is 6.20 Å². The molecule has 17 heavy (non-hydrogen) atoms. The number of aromatic nitrogens is 2. The van der Waals surface area contributed by atoms with Crippen LogP contribution in [0.1, 0.15) is 46.0 Å². The van der Waals surface area contributed by atoms with Gasteiger partial charge >= 0.3 is 0 Å². The smallest absolute Gasteiger partial charge is 0.271 e. The van der Waals surface area contributed by atoms with E-state index in [9.17, 15) is 4.79 Å².